The minimum Gasteiger partial charge on any atom is -0.456 e. The summed E-state index contributed by atoms with van der Waals surface area (Å²) in [6.45, 7) is -0.430. The van der Waals surface area contributed by atoms with Crippen LogP contribution in [0.15, 0.2) is 29.2 Å². The minimum atomic E-state index is -0.565. The van der Waals surface area contributed by atoms with Crippen molar-refractivity contribution in [2.24, 2.45) is 5.73 Å². The van der Waals surface area contributed by atoms with Crippen molar-refractivity contribution < 1.29 is 23.5 Å². The van der Waals surface area contributed by atoms with Gasteiger partial charge < -0.3 is 15.8 Å². The molecule has 0 aliphatic heterocycles. The van der Waals surface area contributed by atoms with Crippen LogP contribution in [0.5, 0.6) is 0 Å². The highest BCUT2D eigenvalue weighted by molar-refractivity contribution is 7.99. The Bertz CT molecular complexity index is 896. The van der Waals surface area contributed by atoms with Gasteiger partial charge in [-0.25, -0.2) is 4.39 Å². The van der Waals surface area contributed by atoms with Gasteiger partial charge in [-0.3, -0.25) is 14.4 Å². The van der Waals surface area contributed by atoms with Gasteiger partial charge in [0.25, 0.3) is 11.8 Å². The lowest BCUT2D eigenvalue weighted by atomic mass is 10.1. The molecule has 3 rings (SSSR count). The summed E-state index contributed by atoms with van der Waals surface area (Å²) in [7, 11) is 0. The molecule has 1 aromatic carbocycles. The smallest absolute Gasteiger partial charge is 0.307 e. The van der Waals surface area contributed by atoms with E-state index in [0.717, 1.165) is 34.6 Å². The molecular formula is C19H19FN2O4S2. The zero-order valence-corrected chi connectivity index (χ0v) is 16.6. The number of rotatable bonds is 8. The number of anilines is 1. The largest absolute Gasteiger partial charge is 0.456 e. The van der Waals surface area contributed by atoms with Gasteiger partial charge in [0.15, 0.2) is 6.61 Å². The van der Waals surface area contributed by atoms with Crippen molar-refractivity contribution in [2.75, 3.05) is 17.7 Å². The number of benzene rings is 1. The predicted octanol–water partition coefficient (Wildman–Crippen LogP) is 3.14. The van der Waals surface area contributed by atoms with Gasteiger partial charge in [-0.05, 0) is 49.1 Å². The number of fused-ring (bicyclic) bond motifs is 1. The van der Waals surface area contributed by atoms with Crippen molar-refractivity contribution in [1.29, 1.82) is 0 Å². The van der Waals surface area contributed by atoms with Crippen LogP contribution in [0.1, 0.15) is 33.6 Å². The van der Waals surface area contributed by atoms with Crippen LogP contribution in [0, 0.1) is 5.82 Å². The summed E-state index contributed by atoms with van der Waals surface area (Å²) in [5, 5.41) is 3.05. The number of esters is 1. The molecule has 0 bridgehead atoms. The number of thiophene rings is 1. The molecule has 1 aliphatic rings. The Hall–Kier alpha value is -2.39. The molecule has 6 nitrogen and oxygen atoms in total. The Morgan fingerprint density at radius 2 is 1.96 bits per heavy atom. The fourth-order valence-corrected chi connectivity index (χ4v) is 5.06. The van der Waals surface area contributed by atoms with Crippen LogP contribution in [-0.4, -0.2) is 30.1 Å². The summed E-state index contributed by atoms with van der Waals surface area (Å²) in [4.78, 5) is 37.5. The molecule has 1 aromatic heterocycles. The zero-order valence-electron chi connectivity index (χ0n) is 15.0. The van der Waals surface area contributed by atoms with Crippen LogP contribution in [-0.2, 0) is 27.2 Å². The number of amides is 2. The van der Waals surface area contributed by atoms with Crippen LogP contribution < -0.4 is 11.1 Å². The fraction of sp³-hybridized carbons (Fsp3) is 0.316. The van der Waals surface area contributed by atoms with E-state index in [1.807, 2.05) is 0 Å². The van der Waals surface area contributed by atoms with Crippen molar-refractivity contribution >= 4 is 45.9 Å². The van der Waals surface area contributed by atoms with Crippen molar-refractivity contribution in [1.82, 2.24) is 0 Å². The van der Waals surface area contributed by atoms with Gasteiger partial charge in [-0.2, -0.15) is 0 Å². The Kier molecular flexibility index (Phi) is 6.69. The molecule has 0 saturated heterocycles. The van der Waals surface area contributed by atoms with Crippen LogP contribution >= 0.6 is 23.1 Å². The second kappa shape index (κ2) is 9.20. The standard InChI is InChI=1S/C19H19FN2O4S2/c20-11-4-6-12(7-5-11)27-9-8-16(24)26-10-15(23)22-19-17(18(21)25)13-2-1-3-14(13)28-19/h4-7H,1-3,8-10H2,(H2,21,25)(H,22,23). The van der Waals surface area contributed by atoms with Gasteiger partial charge in [0, 0.05) is 15.5 Å². The Morgan fingerprint density at radius 3 is 2.68 bits per heavy atom. The molecule has 0 fully saturated rings. The third kappa shape index (κ3) is 5.11. The third-order valence-corrected chi connectivity index (χ3v) is 6.39. The molecule has 2 aromatic rings. The fourth-order valence-electron chi connectivity index (χ4n) is 2.92. The van der Waals surface area contributed by atoms with Gasteiger partial charge in [0.05, 0.1) is 12.0 Å². The molecule has 0 unspecified atom stereocenters. The van der Waals surface area contributed by atoms with Crippen LogP contribution in [0.25, 0.3) is 0 Å². The summed E-state index contributed by atoms with van der Waals surface area (Å²) in [6.07, 6.45) is 2.75. The second-order valence-electron chi connectivity index (χ2n) is 6.19. The maximum Gasteiger partial charge on any atom is 0.307 e. The Morgan fingerprint density at radius 1 is 1.21 bits per heavy atom. The quantitative estimate of drug-likeness (QED) is 0.503. The van der Waals surface area contributed by atoms with Crippen LogP contribution in [0.3, 0.4) is 0 Å². The van der Waals surface area contributed by atoms with E-state index in [9.17, 15) is 18.8 Å². The van der Waals surface area contributed by atoms with Gasteiger partial charge in [-0.15, -0.1) is 23.1 Å². The number of nitrogens with two attached hydrogens (primary N) is 1. The molecule has 0 atom stereocenters. The maximum absolute atomic E-state index is 12.8. The average Bonchev–Trinajstić information content (AvgIpc) is 3.22. The first-order valence-electron chi connectivity index (χ1n) is 8.72. The lowest BCUT2D eigenvalue weighted by Gasteiger charge is -2.07. The number of halogens is 1. The number of carbonyl (C=O) groups is 3. The number of thioether (sulfide) groups is 1. The summed E-state index contributed by atoms with van der Waals surface area (Å²) in [5.74, 6) is -1.44. The highest BCUT2D eigenvalue weighted by Gasteiger charge is 2.26. The van der Waals surface area contributed by atoms with E-state index in [0.29, 0.717) is 16.3 Å². The number of hydrogen-bond donors (Lipinski definition) is 2. The van der Waals surface area contributed by atoms with Crippen LogP contribution in [0.4, 0.5) is 9.39 Å². The van der Waals surface area contributed by atoms with Gasteiger partial charge >= 0.3 is 5.97 Å². The van der Waals surface area contributed by atoms with Crippen molar-refractivity contribution in [3.63, 3.8) is 0 Å². The van der Waals surface area contributed by atoms with E-state index >= 15 is 0 Å². The lowest BCUT2D eigenvalue weighted by Crippen LogP contribution is -2.22. The lowest BCUT2D eigenvalue weighted by molar-refractivity contribution is -0.146. The normalized spacial score (nSPS) is 12.5. The van der Waals surface area contributed by atoms with Crippen molar-refractivity contribution in [3.8, 4) is 0 Å². The summed E-state index contributed by atoms with van der Waals surface area (Å²) < 4.78 is 17.8. The van der Waals surface area contributed by atoms with E-state index in [1.165, 1.54) is 35.2 Å². The summed E-state index contributed by atoms with van der Waals surface area (Å²) in [5.41, 5.74) is 6.74. The highest BCUT2D eigenvalue weighted by atomic mass is 32.2. The number of primary amides is 1. The van der Waals surface area contributed by atoms with E-state index in [4.69, 9.17) is 10.5 Å². The van der Waals surface area contributed by atoms with Gasteiger partial charge in [0.2, 0.25) is 0 Å². The number of aryl methyl sites for hydroxylation is 1. The summed E-state index contributed by atoms with van der Waals surface area (Å²) in [6, 6.07) is 5.97. The van der Waals surface area contributed by atoms with Gasteiger partial charge in [-0.1, -0.05) is 0 Å². The topological polar surface area (TPSA) is 98.5 Å². The molecule has 1 heterocycles. The Balaban J connectivity index is 1.43. The molecule has 0 saturated carbocycles. The molecule has 9 heteroatoms. The monoisotopic (exact) mass is 422 g/mol. The molecule has 148 valence electrons. The SMILES string of the molecule is NC(=O)c1c(NC(=O)COC(=O)CCSc2ccc(F)cc2)sc2c1CCC2. The zero-order chi connectivity index (χ0) is 20.1. The van der Waals surface area contributed by atoms with Crippen molar-refractivity contribution in [2.45, 2.75) is 30.6 Å². The predicted molar refractivity (Wildman–Crippen MR) is 106 cm³/mol. The molecular weight excluding hydrogens is 403 g/mol. The Labute approximate surface area is 169 Å². The molecule has 0 radical (unpaired) electrons. The highest BCUT2D eigenvalue weighted by Crippen LogP contribution is 2.38. The number of carbonyl (C=O) groups excluding carboxylic acids is 3. The number of ether oxygens (including phenoxy) is 1. The third-order valence-electron chi connectivity index (χ3n) is 4.17. The first-order valence-corrected chi connectivity index (χ1v) is 10.5. The molecule has 3 N–H and O–H groups in total. The number of nitrogens with one attached hydrogen (secondary N) is 1. The molecule has 1 aliphatic carbocycles. The molecule has 28 heavy (non-hydrogen) atoms. The van der Waals surface area contributed by atoms with Crippen LogP contribution in [0.2, 0.25) is 0 Å². The van der Waals surface area contributed by atoms with E-state index in [-0.39, 0.29) is 12.2 Å². The maximum atomic E-state index is 12.8. The summed E-state index contributed by atoms with van der Waals surface area (Å²) >= 11 is 2.74. The van der Waals surface area contributed by atoms with Crippen molar-refractivity contribution in [3.05, 3.63) is 46.1 Å². The molecule has 0 spiro atoms. The van der Waals surface area contributed by atoms with E-state index in [2.05, 4.69) is 5.32 Å². The van der Waals surface area contributed by atoms with Gasteiger partial charge in [0.1, 0.15) is 10.8 Å². The minimum absolute atomic E-state index is 0.120. The molecule has 2 amide bonds. The first kappa shape index (κ1) is 20.3. The number of hydrogen-bond acceptors (Lipinski definition) is 6. The first-order chi connectivity index (χ1) is 13.4. The van der Waals surface area contributed by atoms with E-state index in [1.54, 1.807) is 12.1 Å². The van der Waals surface area contributed by atoms with E-state index < -0.39 is 24.4 Å². The average molecular weight is 423 g/mol. The second-order valence-corrected chi connectivity index (χ2v) is 8.46.